The molecular weight excluding hydrogens is 252 g/mol. The lowest BCUT2D eigenvalue weighted by molar-refractivity contribution is -0.0182. The van der Waals surface area contributed by atoms with Gasteiger partial charge in [0, 0.05) is 26.2 Å². The summed E-state index contributed by atoms with van der Waals surface area (Å²) in [5.41, 5.74) is 1.27. The van der Waals surface area contributed by atoms with Crippen molar-refractivity contribution in [2.75, 3.05) is 33.3 Å². The summed E-state index contributed by atoms with van der Waals surface area (Å²) in [6, 6.07) is 8.28. The Hall–Kier alpha value is -1.10. The molecule has 2 rings (SSSR count). The molecule has 112 valence electrons. The third kappa shape index (κ3) is 5.12. The third-order valence-corrected chi connectivity index (χ3v) is 3.34. The van der Waals surface area contributed by atoms with E-state index in [4.69, 9.17) is 9.47 Å². The van der Waals surface area contributed by atoms with Gasteiger partial charge in [0.1, 0.15) is 5.75 Å². The van der Waals surface area contributed by atoms with E-state index in [2.05, 4.69) is 29.4 Å². The number of nitrogens with one attached hydrogen (secondary N) is 1. The fourth-order valence-corrected chi connectivity index (χ4v) is 2.33. The molecule has 1 atom stereocenters. The summed E-state index contributed by atoms with van der Waals surface area (Å²) >= 11 is 0. The van der Waals surface area contributed by atoms with Crippen LogP contribution in [0.1, 0.15) is 19.4 Å². The predicted molar refractivity (Wildman–Crippen MR) is 81.1 cm³/mol. The molecule has 1 saturated heterocycles. The smallest absolute Gasteiger partial charge is 0.119 e. The first kappa shape index (κ1) is 15.3. The summed E-state index contributed by atoms with van der Waals surface area (Å²) in [5.74, 6) is 0.931. The molecule has 4 nitrogen and oxygen atoms in total. The summed E-state index contributed by atoms with van der Waals surface area (Å²) in [6.45, 7) is 8.72. The van der Waals surface area contributed by atoms with Crippen LogP contribution in [0.2, 0.25) is 0 Å². The highest BCUT2D eigenvalue weighted by Crippen LogP contribution is 2.13. The van der Waals surface area contributed by atoms with E-state index in [0.29, 0.717) is 6.10 Å². The number of morpholine rings is 1. The summed E-state index contributed by atoms with van der Waals surface area (Å²) < 4.78 is 11.4. The SMILES string of the molecule is CC(C)Oc1ccc(CNCC2CN(C)CCO2)cc1. The maximum atomic E-state index is 5.72. The van der Waals surface area contributed by atoms with Gasteiger partial charge in [-0.15, -0.1) is 0 Å². The third-order valence-electron chi connectivity index (χ3n) is 3.34. The van der Waals surface area contributed by atoms with E-state index in [0.717, 1.165) is 38.5 Å². The number of nitrogens with zero attached hydrogens (tertiary/aromatic N) is 1. The minimum Gasteiger partial charge on any atom is -0.491 e. The number of rotatable bonds is 6. The molecule has 0 radical (unpaired) electrons. The summed E-state index contributed by atoms with van der Waals surface area (Å²) in [4.78, 5) is 2.31. The Bertz CT molecular complexity index is 392. The van der Waals surface area contributed by atoms with E-state index in [1.807, 2.05) is 26.0 Å². The highest BCUT2D eigenvalue weighted by Gasteiger charge is 2.16. The first-order valence-corrected chi connectivity index (χ1v) is 7.40. The minimum absolute atomic E-state index is 0.222. The summed E-state index contributed by atoms with van der Waals surface area (Å²) in [6.07, 6.45) is 0.525. The monoisotopic (exact) mass is 278 g/mol. The zero-order chi connectivity index (χ0) is 14.4. The molecule has 0 aromatic heterocycles. The van der Waals surface area contributed by atoms with Crippen molar-refractivity contribution >= 4 is 0 Å². The molecule has 0 bridgehead atoms. The van der Waals surface area contributed by atoms with Crippen LogP contribution in [-0.2, 0) is 11.3 Å². The molecule has 0 spiro atoms. The molecule has 0 aliphatic carbocycles. The van der Waals surface area contributed by atoms with Crippen molar-refractivity contribution in [2.24, 2.45) is 0 Å². The van der Waals surface area contributed by atoms with Crippen molar-refractivity contribution in [3.63, 3.8) is 0 Å². The van der Waals surface area contributed by atoms with Crippen LogP contribution < -0.4 is 10.1 Å². The van der Waals surface area contributed by atoms with Crippen molar-refractivity contribution in [2.45, 2.75) is 32.6 Å². The molecule has 1 fully saturated rings. The van der Waals surface area contributed by atoms with Gasteiger partial charge in [-0.25, -0.2) is 0 Å². The van der Waals surface area contributed by atoms with E-state index in [9.17, 15) is 0 Å². The zero-order valence-corrected chi connectivity index (χ0v) is 12.8. The zero-order valence-electron chi connectivity index (χ0n) is 12.8. The predicted octanol–water partition coefficient (Wildman–Crippen LogP) is 1.89. The highest BCUT2D eigenvalue weighted by molar-refractivity contribution is 5.27. The molecule has 1 aromatic carbocycles. The topological polar surface area (TPSA) is 33.7 Å². The Morgan fingerprint density at radius 3 is 2.75 bits per heavy atom. The molecule has 4 heteroatoms. The van der Waals surface area contributed by atoms with Gasteiger partial charge < -0.3 is 19.7 Å². The minimum atomic E-state index is 0.222. The van der Waals surface area contributed by atoms with Gasteiger partial charge in [-0.2, -0.15) is 0 Å². The van der Waals surface area contributed by atoms with E-state index < -0.39 is 0 Å². The maximum absolute atomic E-state index is 5.72. The fraction of sp³-hybridized carbons (Fsp3) is 0.625. The van der Waals surface area contributed by atoms with Gasteiger partial charge in [0.05, 0.1) is 18.8 Å². The van der Waals surface area contributed by atoms with Crippen LogP contribution in [0.25, 0.3) is 0 Å². The molecule has 1 aliphatic rings. The van der Waals surface area contributed by atoms with Gasteiger partial charge in [-0.05, 0) is 38.6 Å². The molecule has 1 aliphatic heterocycles. The van der Waals surface area contributed by atoms with Crippen molar-refractivity contribution in [1.82, 2.24) is 10.2 Å². The lowest BCUT2D eigenvalue weighted by Gasteiger charge is -2.30. The normalized spacial score (nSPS) is 20.3. The number of hydrogen-bond donors (Lipinski definition) is 1. The average Bonchev–Trinajstić information content (AvgIpc) is 2.40. The van der Waals surface area contributed by atoms with Crippen molar-refractivity contribution < 1.29 is 9.47 Å². The van der Waals surface area contributed by atoms with E-state index in [1.165, 1.54) is 5.56 Å². The van der Waals surface area contributed by atoms with Gasteiger partial charge in [0.15, 0.2) is 0 Å². The Balaban J connectivity index is 1.71. The van der Waals surface area contributed by atoms with Crippen LogP contribution >= 0.6 is 0 Å². The molecule has 1 unspecified atom stereocenters. The van der Waals surface area contributed by atoms with Crippen LogP contribution in [0.4, 0.5) is 0 Å². The standard InChI is InChI=1S/C16H26N2O2/c1-13(2)20-15-6-4-14(5-7-15)10-17-11-16-12-18(3)8-9-19-16/h4-7,13,16-17H,8-12H2,1-3H3. The van der Waals surface area contributed by atoms with Gasteiger partial charge in [0.25, 0.3) is 0 Å². The first-order chi connectivity index (χ1) is 9.63. The van der Waals surface area contributed by atoms with E-state index in [1.54, 1.807) is 0 Å². The van der Waals surface area contributed by atoms with Crippen LogP contribution in [0, 0.1) is 0 Å². The maximum Gasteiger partial charge on any atom is 0.119 e. The lowest BCUT2D eigenvalue weighted by atomic mass is 10.2. The van der Waals surface area contributed by atoms with Crippen molar-refractivity contribution in [3.05, 3.63) is 29.8 Å². The molecule has 1 N–H and O–H groups in total. The van der Waals surface area contributed by atoms with Crippen LogP contribution in [-0.4, -0.2) is 50.4 Å². The van der Waals surface area contributed by atoms with E-state index >= 15 is 0 Å². The van der Waals surface area contributed by atoms with Gasteiger partial charge in [-0.3, -0.25) is 0 Å². The average molecular weight is 278 g/mol. The Labute approximate surface area is 122 Å². The molecule has 1 heterocycles. The van der Waals surface area contributed by atoms with Gasteiger partial charge >= 0.3 is 0 Å². The molecule has 0 amide bonds. The van der Waals surface area contributed by atoms with E-state index in [-0.39, 0.29) is 6.10 Å². The largest absolute Gasteiger partial charge is 0.491 e. The molecule has 20 heavy (non-hydrogen) atoms. The van der Waals surface area contributed by atoms with Crippen molar-refractivity contribution in [3.8, 4) is 5.75 Å². The van der Waals surface area contributed by atoms with Gasteiger partial charge in [0.2, 0.25) is 0 Å². The van der Waals surface area contributed by atoms with Crippen molar-refractivity contribution in [1.29, 1.82) is 0 Å². The Morgan fingerprint density at radius 1 is 1.35 bits per heavy atom. The lowest BCUT2D eigenvalue weighted by Crippen LogP contribution is -2.44. The second-order valence-electron chi connectivity index (χ2n) is 5.70. The van der Waals surface area contributed by atoms with Gasteiger partial charge in [-0.1, -0.05) is 12.1 Å². The summed E-state index contributed by atoms with van der Waals surface area (Å²) in [5, 5.41) is 3.46. The number of likely N-dealkylation sites (N-methyl/N-ethyl adjacent to an activating group) is 1. The van der Waals surface area contributed by atoms with Crippen LogP contribution in [0.5, 0.6) is 5.75 Å². The molecular formula is C16H26N2O2. The number of hydrogen-bond acceptors (Lipinski definition) is 4. The molecule has 1 aromatic rings. The molecule has 0 saturated carbocycles. The Morgan fingerprint density at radius 2 is 2.10 bits per heavy atom. The van der Waals surface area contributed by atoms with Crippen LogP contribution in [0.3, 0.4) is 0 Å². The summed E-state index contributed by atoms with van der Waals surface area (Å²) in [7, 11) is 2.14. The second-order valence-corrected chi connectivity index (χ2v) is 5.70. The number of benzene rings is 1. The number of ether oxygens (including phenoxy) is 2. The fourth-order valence-electron chi connectivity index (χ4n) is 2.33. The highest BCUT2D eigenvalue weighted by atomic mass is 16.5. The second kappa shape index (κ2) is 7.62. The first-order valence-electron chi connectivity index (χ1n) is 7.40. The van der Waals surface area contributed by atoms with Crippen LogP contribution in [0.15, 0.2) is 24.3 Å². The quantitative estimate of drug-likeness (QED) is 0.861. The Kier molecular flexibility index (Phi) is 5.83.